The Morgan fingerprint density at radius 2 is 2.07 bits per heavy atom. The fraction of sp³-hybridized carbons (Fsp3) is 0.526. The van der Waals surface area contributed by atoms with Gasteiger partial charge in [-0.3, -0.25) is 4.79 Å². The minimum Gasteiger partial charge on any atom is -0.342 e. The molecule has 3 aromatic heterocycles. The van der Waals surface area contributed by atoms with Crippen LogP contribution in [0, 0.1) is 6.92 Å². The summed E-state index contributed by atoms with van der Waals surface area (Å²) in [5, 5.41) is 11.6. The van der Waals surface area contributed by atoms with E-state index in [1.807, 2.05) is 0 Å². The van der Waals surface area contributed by atoms with Crippen LogP contribution < -0.4 is 0 Å². The molecule has 1 saturated heterocycles. The average Bonchev–Trinajstić information content (AvgIpc) is 3.39. The van der Waals surface area contributed by atoms with E-state index < -0.39 is 11.9 Å². The molecule has 8 nitrogen and oxygen atoms in total. The molecule has 4 heterocycles. The molecule has 0 spiro atoms. The van der Waals surface area contributed by atoms with Crippen molar-refractivity contribution in [2.75, 3.05) is 13.1 Å². The van der Waals surface area contributed by atoms with Gasteiger partial charge in [-0.05, 0) is 25.3 Å². The SMILES string of the molecule is Cc1nonc1CC(=O)N1CC[C@@H](c2cc3nc(C(C)C)cc(C(F)(F)F)n3n2)C1. The van der Waals surface area contributed by atoms with Gasteiger partial charge < -0.3 is 4.90 Å². The lowest BCUT2D eigenvalue weighted by Crippen LogP contribution is -2.30. The Hall–Kier alpha value is -2.98. The molecule has 0 N–H and O–H groups in total. The first-order chi connectivity index (χ1) is 14.1. The van der Waals surface area contributed by atoms with Crippen LogP contribution in [0.4, 0.5) is 13.2 Å². The molecule has 4 rings (SSSR count). The number of halogens is 3. The summed E-state index contributed by atoms with van der Waals surface area (Å²) in [6.45, 7) is 6.18. The van der Waals surface area contributed by atoms with E-state index in [1.165, 1.54) is 0 Å². The van der Waals surface area contributed by atoms with E-state index in [9.17, 15) is 18.0 Å². The molecule has 3 aromatic rings. The Balaban J connectivity index is 1.58. The summed E-state index contributed by atoms with van der Waals surface area (Å²) in [5.41, 5.74) is 1.23. The quantitative estimate of drug-likeness (QED) is 0.642. The third-order valence-electron chi connectivity index (χ3n) is 5.37. The fourth-order valence-corrected chi connectivity index (χ4v) is 3.60. The molecule has 0 saturated carbocycles. The van der Waals surface area contributed by atoms with Crippen LogP contribution in [-0.2, 0) is 17.4 Å². The molecule has 30 heavy (non-hydrogen) atoms. The summed E-state index contributed by atoms with van der Waals surface area (Å²) < 4.78 is 46.2. The van der Waals surface area contributed by atoms with Crippen LogP contribution in [0.15, 0.2) is 16.8 Å². The number of fused-ring (bicyclic) bond motifs is 1. The Morgan fingerprint density at radius 1 is 1.30 bits per heavy atom. The smallest absolute Gasteiger partial charge is 0.342 e. The summed E-state index contributed by atoms with van der Waals surface area (Å²) in [7, 11) is 0. The third-order valence-corrected chi connectivity index (χ3v) is 5.37. The monoisotopic (exact) mass is 422 g/mol. The standard InChI is InChI=1S/C19H21F3N6O2/c1-10(2)13-6-16(19(20,21)22)28-17(23-13)7-15(24-28)12-4-5-27(9-12)18(29)8-14-11(3)25-30-26-14/h6-7,10,12H,4-5,8-9H2,1-3H3/t12-/m1/s1. The molecule has 1 fully saturated rings. The number of likely N-dealkylation sites (tertiary alicyclic amines) is 1. The van der Waals surface area contributed by atoms with E-state index >= 15 is 0 Å². The van der Waals surface area contributed by atoms with Crippen LogP contribution in [0.1, 0.15) is 60.6 Å². The number of aryl methyl sites for hydroxylation is 1. The number of amides is 1. The van der Waals surface area contributed by atoms with Crippen LogP contribution in [0.25, 0.3) is 5.65 Å². The number of hydrogen-bond acceptors (Lipinski definition) is 6. The van der Waals surface area contributed by atoms with E-state index in [1.54, 1.807) is 31.7 Å². The van der Waals surface area contributed by atoms with Crippen molar-refractivity contribution in [3.8, 4) is 0 Å². The summed E-state index contributed by atoms with van der Waals surface area (Å²) in [6, 6.07) is 2.64. The first-order valence-electron chi connectivity index (χ1n) is 9.67. The molecule has 0 bridgehead atoms. The zero-order chi connectivity index (χ0) is 21.6. The maximum absolute atomic E-state index is 13.6. The lowest BCUT2D eigenvalue weighted by Gasteiger charge is -2.15. The van der Waals surface area contributed by atoms with Gasteiger partial charge in [0.05, 0.1) is 12.1 Å². The maximum atomic E-state index is 13.6. The Morgan fingerprint density at radius 3 is 2.70 bits per heavy atom. The average molecular weight is 422 g/mol. The summed E-state index contributed by atoms with van der Waals surface area (Å²) in [5.74, 6) is -0.435. The van der Waals surface area contributed by atoms with Crippen molar-refractivity contribution in [3.05, 3.63) is 40.6 Å². The van der Waals surface area contributed by atoms with E-state index in [2.05, 4.69) is 25.0 Å². The van der Waals surface area contributed by atoms with Gasteiger partial charge in [0.15, 0.2) is 5.65 Å². The number of carbonyl (C=O) groups excluding carboxylic acids is 1. The second-order valence-electron chi connectivity index (χ2n) is 7.86. The molecule has 1 aliphatic heterocycles. The van der Waals surface area contributed by atoms with Crippen LogP contribution in [0.5, 0.6) is 0 Å². The predicted molar refractivity (Wildman–Crippen MR) is 98.8 cm³/mol. The first-order valence-corrected chi connectivity index (χ1v) is 9.67. The summed E-state index contributed by atoms with van der Waals surface area (Å²) in [6.07, 6.45) is -3.86. The van der Waals surface area contributed by atoms with E-state index in [-0.39, 0.29) is 29.8 Å². The minimum atomic E-state index is -4.55. The van der Waals surface area contributed by atoms with Gasteiger partial charge in [-0.1, -0.05) is 24.2 Å². The number of carbonyl (C=O) groups is 1. The molecule has 11 heteroatoms. The van der Waals surface area contributed by atoms with Crippen molar-refractivity contribution in [1.82, 2.24) is 29.8 Å². The van der Waals surface area contributed by atoms with E-state index in [0.29, 0.717) is 42.3 Å². The van der Waals surface area contributed by atoms with Crippen molar-refractivity contribution in [1.29, 1.82) is 0 Å². The second-order valence-corrected chi connectivity index (χ2v) is 7.86. The zero-order valence-corrected chi connectivity index (χ0v) is 16.8. The number of hydrogen-bond donors (Lipinski definition) is 0. The van der Waals surface area contributed by atoms with Crippen LogP contribution in [-0.4, -0.2) is 48.8 Å². The molecule has 0 aromatic carbocycles. The summed E-state index contributed by atoms with van der Waals surface area (Å²) in [4.78, 5) is 18.6. The molecular weight excluding hydrogens is 401 g/mol. The van der Waals surface area contributed by atoms with Crippen molar-refractivity contribution in [3.63, 3.8) is 0 Å². The van der Waals surface area contributed by atoms with Gasteiger partial charge in [-0.2, -0.15) is 18.3 Å². The first kappa shape index (κ1) is 20.3. The van der Waals surface area contributed by atoms with Crippen LogP contribution in [0.2, 0.25) is 0 Å². The predicted octanol–water partition coefficient (Wildman–Crippen LogP) is 3.12. The number of nitrogens with zero attached hydrogens (tertiary/aromatic N) is 6. The van der Waals surface area contributed by atoms with Crippen molar-refractivity contribution >= 4 is 11.6 Å². The lowest BCUT2D eigenvalue weighted by atomic mass is 10.1. The molecule has 1 aliphatic rings. The molecule has 160 valence electrons. The van der Waals surface area contributed by atoms with Gasteiger partial charge >= 0.3 is 6.18 Å². The molecule has 1 amide bonds. The highest BCUT2D eigenvalue weighted by molar-refractivity contribution is 5.78. The van der Waals surface area contributed by atoms with Crippen molar-refractivity contribution < 1.29 is 22.6 Å². The fourth-order valence-electron chi connectivity index (χ4n) is 3.60. The Labute approximate surface area is 170 Å². The van der Waals surface area contributed by atoms with Gasteiger partial charge in [0.1, 0.15) is 17.1 Å². The minimum absolute atomic E-state index is 0.0742. The van der Waals surface area contributed by atoms with Crippen molar-refractivity contribution in [2.45, 2.75) is 51.6 Å². The number of alkyl halides is 3. The third kappa shape index (κ3) is 3.75. The van der Waals surface area contributed by atoms with E-state index in [4.69, 9.17) is 0 Å². The number of rotatable bonds is 4. The largest absolute Gasteiger partial charge is 0.433 e. The van der Waals surface area contributed by atoms with Gasteiger partial charge in [0, 0.05) is 30.8 Å². The zero-order valence-electron chi connectivity index (χ0n) is 16.8. The Kier molecular flexibility index (Phi) is 4.99. The molecule has 0 unspecified atom stereocenters. The highest BCUT2D eigenvalue weighted by Crippen LogP contribution is 2.33. The Bertz CT molecular complexity index is 1090. The normalized spacial score (nSPS) is 17.4. The molecule has 0 radical (unpaired) electrons. The van der Waals surface area contributed by atoms with Crippen LogP contribution in [0.3, 0.4) is 0 Å². The van der Waals surface area contributed by atoms with Crippen LogP contribution >= 0.6 is 0 Å². The summed E-state index contributed by atoms with van der Waals surface area (Å²) >= 11 is 0. The topological polar surface area (TPSA) is 89.4 Å². The lowest BCUT2D eigenvalue weighted by molar-refractivity contribution is -0.142. The van der Waals surface area contributed by atoms with E-state index in [0.717, 1.165) is 10.6 Å². The van der Waals surface area contributed by atoms with Gasteiger partial charge in [-0.15, -0.1) is 0 Å². The highest BCUT2D eigenvalue weighted by Gasteiger charge is 2.36. The van der Waals surface area contributed by atoms with Gasteiger partial charge in [0.25, 0.3) is 0 Å². The van der Waals surface area contributed by atoms with Gasteiger partial charge in [0.2, 0.25) is 5.91 Å². The molecular formula is C19H21F3N6O2. The maximum Gasteiger partial charge on any atom is 0.433 e. The van der Waals surface area contributed by atoms with Crippen molar-refractivity contribution in [2.24, 2.45) is 0 Å². The highest BCUT2D eigenvalue weighted by atomic mass is 19.4. The van der Waals surface area contributed by atoms with Gasteiger partial charge in [-0.25, -0.2) is 14.1 Å². The number of aromatic nitrogens is 5. The molecule has 1 atom stereocenters. The molecule has 0 aliphatic carbocycles. The second kappa shape index (κ2) is 7.37.